The van der Waals surface area contributed by atoms with Crippen molar-refractivity contribution in [2.24, 2.45) is 0 Å². The molecule has 2 aliphatic rings. The Hall–Kier alpha value is -4.26. The molecular formula is C27H24N2O5. The van der Waals surface area contributed by atoms with Crippen LogP contribution in [0.1, 0.15) is 18.1 Å². The number of carbonyl (C=O) groups is 2. The maximum absolute atomic E-state index is 13.6. The Bertz CT molecular complexity index is 1270. The van der Waals surface area contributed by atoms with Crippen molar-refractivity contribution in [3.8, 4) is 17.2 Å². The summed E-state index contributed by atoms with van der Waals surface area (Å²) in [6.07, 6.45) is 0. The Labute approximate surface area is 197 Å². The van der Waals surface area contributed by atoms with Crippen molar-refractivity contribution in [3.63, 3.8) is 0 Å². The van der Waals surface area contributed by atoms with Crippen molar-refractivity contribution < 1.29 is 23.8 Å². The molecule has 0 aromatic heterocycles. The summed E-state index contributed by atoms with van der Waals surface area (Å²) in [5.74, 6) is 1.28. The van der Waals surface area contributed by atoms with Gasteiger partial charge in [0.25, 0.3) is 11.8 Å². The average molecular weight is 456 g/mol. The number of hydrogen-bond acceptors (Lipinski definition) is 6. The number of rotatable bonds is 7. The molecule has 2 aliphatic heterocycles. The van der Waals surface area contributed by atoms with E-state index in [2.05, 4.69) is 0 Å². The SMILES string of the molecule is CCOc1ccc(C2=C(N(C)c3ccccc3)C(=O)N(Cc3ccc4c(c3)OCO4)C2=O)cc1. The smallest absolute Gasteiger partial charge is 0.278 e. The van der Waals surface area contributed by atoms with E-state index in [9.17, 15) is 9.59 Å². The molecule has 0 saturated heterocycles. The lowest BCUT2D eigenvalue weighted by Crippen LogP contribution is -2.33. The van der Waals surface area contributed by atoms with Gasteiger partial charge in [0.05, 0.1) is 18.7 Å². The zero-order valence-corrected chi connectivity index (χ0v) is 19.0. The third-order valence-electron chi connectivity index (χ3n) is 5.85. The second kappa shape index (κ2) is 8.94. The van der Waals surface area contributed by atoms with Crippen LogP contribution in [-0.2, 0) is 16.1 Å². The van der Waals surface area contributed by atoms with Gasteiger partial charge < -0.3 is 19.1 Å². The highest BCUT2D eigenvalue weighted by Crippen LogP contribution is 2.37. The van der Waals surface area contributed by atoms with Gasteiger partial charge >= 0.3 is 0 Å². The van der Waals surface area contributed by atoms with Gasteiger partial charge in [0.1, 0.15) is 11.4 Å². The van der Waals surface area contributed by atoms with Crippen molar-refractivity contribution in [2.45, 2.75) is 13.5 Å². The summed E-state index contributed by atoms with van der Waals surface area (Å²) in [5, 5.41) is 0. The first-order chi connectivity index (χ1) is 16.6. The van der Waals surface area contributed by atoms with Crippen LogP contribution in [0.5, 0.6) is 17.2 Å². The van der Waals surface area contributed by atoms with Crippen LogP contribution >= 0.6 is 0 Å². The molecule has 0 saturated carbocycles. The number of fused-ring (bicyclic) bond motifs is 1. The number of para-hydroxylation sites is 1. The standard InChI is InChI=1S/C27H24N2O5/c1-3-32-21-12-10-19(11-13-21)24-25(28(2)20-7-5-4-6-8-20)27(31)29(26(24)30)16-18-9-14-22-23(15-18)34-17-33-22/h4-15H,3,16-17H2,1-2H3. The van der Waals surface area contributed by atoms with Gasteiger partial charge in [-0.05, 0) is 54.4 Å². The highest BCUT2D eigenvalue weighted by atomic mass is 16.7. The van der Waals surface area contributed by atoms with Gasteiger partial charge in [-0.15, -0.1) is 0 Å². The summed E-state index contributed by atoms with van der Waals surface area (Å²) in [5.41, 5.74) is 2.95. The van der Waals surface area contributed by atoms with Gasteiger partial charge in [-0.1, -0.05) is 36.4 Å². The highest BCUT2D eigenvalue weighted by molar-refractivity contribution is 6.36. The molecule has 0 fully saturated rings. The first-order valence-corrected chi connectivity index (χ1v) is 11.1. The summed E-state index contributed by atoms with van der Waals surface area (Å²) >= 11 is 0. The Morgan fingerprint density at radius 2 is 1.65 bits per heavy atom. The molecule has 0 radical (unpaired) electrons. The van der Waals surface area contributed by atoms with Gasteiger partial charge in [0.15, 0.2) is 11.5 Å². The lowest BCUT2D eigenvalue weighted by Gasteiger charge is -2.21. The van der Waals surface area contributed by atoms with E-state index >= 15 is 0 Å². The molecule has 7 heteroatoms. The van der Waals surface area contributed by atoms with Gasteiger partial charge in [-0.2, -0.15) is 0 Å². The predicted molar refractivity (Wildman–Crippen MR) is 127 cm³/mol. The van der Waals surface area contributed by atoms with Crippen molar-refractivity contribution in [3.05, 3.63) is 89.6 Å². The summed E-state index contributed by atoms with van der Waals surface area (Å²) in [4.78, 5) is 30.3. The molecule has 3 aromatic rings. The monoisotopic (exact) mass is 456 g/mol. The minimum absolute atomic E-state index is 0.126. The maximum Gasteiger partial charge on any atom is 0.278 e. The van der Waals surface area contributed by atoms with Crippen LogP contribution in [-0.4, -0.2) is 37.2 Å². The minimum atomic E-state index is -0.349. The second-order valence-electron chi connectivity index (χ2n) is 7.96. The van der Waals surface area contributed by atoms with E-state index in [-0.39, 0.29) is 25.2 Å². The second-order valence-corrected chi connectivity index (χ2v) is 7.96. The van der Waals surface area contributed by atoms with Crippen LogP contribution in [0.3, 0.4) is 0 Å². The fraction of sp³-hybridized carbons (Fsp3) is 0.185. The normalized spacial score (nSPS) is 14.7. The van der Waals surface area contributed by atoms with E-state index < -0.39 is 0 Å². The van der Waals surface area contributed by atoms with E-state index in [0.29, 0.717) is 40.7 Å². The van der Waals surface area contributed by atoms with Crippen molar-refractivity contribution in [1.82, 2.24) is 4.90 Å². The molecule has 0 bridgehead atoms. The largest absolute Gasteiger partial charge is 0.494 e. The quantitative estimate of drug-likeness (QED) is 0.496. The fourth-order valence-electron chi connectivity index (χ4n) is 4.17. The first kappa shape index (κ1) is 21.6. The van der Waals surface area contributed by atoms with Gasteiger partial charge in [0.2, 0.25) is 6.79 Å². The van der Waals surface area contributed by atoms with E-state index in [4.69, 9.17) is 14.2 Å². The van der Waals surface area contributed by atoms with E-state index in [1.165, 1.54) is 4.90 Å². The number of hydrogen-bond donors (Lipinski definition) is 0. The van der Waals surface area contributed by atoms with Crippen LogP contribution in [0.25, 0.3) is 5.57 Å². The Balaban J connectivity index is 1.53. The predicted octanol–water partition coefficient (Wildman–Crippen LogP) is 4.23. The van der Waals surface area contributed by atoms with E-state index in [1.54, 1.807) is 24.1 Å². The molecule has 3 aromatic carbocycles. The van der Waals surface area contributed by atoms with Gasteiger partial charge in [-0.25, -0.2) is 0 Å². The lowest BCUT2D eigenvalue weighted by molar-refractivity contribution is -0.137. The number of carbonyl (C=O) groups excluding carboxylic acids is 2. The Kier molecular flexibility index (Phi) is 5.67. The molecule has 0 aliphatic carbocycles. The van der Waals surface area contributed by atoms with Crippen LogP contribution in [0.2, 0.25) is 0 Å². The van der Waals surface area contributed by atoms with E-state index in [0.717, 1.165) is 11.3 Å². The van der Waals surface area contributed by atoms with Crippen LogP contribution in [0, 0.1) is 0 Å². The van der Waals surface area contributed by atoms with Crippen LogP contribution < -0.4 is 19.1 Å². The summed E-state index contributed by atoms with van der Waals surface area (Å²) in [7, 11) is 1.80. The third kappa shape index (κ3) is 3.85. The van der Waals surface area contributed by atoms with Crippen molar-refractivity contribution in [1.29, 1.82) is 0 Å². The van der Waals surface area contributed by atoms with E-state index in [1.807, 2.05) is 67.6 Å². The summed E-state index contributed by atoms with van der Waals surface area (Å²) in [6, 6.07) is 22.2. The number of ether oxygens (including phenoxy) is 3. The lowest BCUT2D eigenvalue weighted by atomic mass is 10.0. The van der Waals surface area contributed by atoms with Crippen LogP contribution in [0.4, 0.5) is 5.69 Å². The van der Waals surface area contributed by atoms with Gasteiger partial charge in [-0.3, -0.25) is 14.5 Å². The molecule has 0 N–H and O–H groups in total. The Morgan fingerprint density at radius 3 is 2.38 bits per heavy atom. The minimum Gasteiger partial charge on any atom is -0.494 e. The molecule has 2 heterocycles. The molecule has 0 unspecified atom stereocenters. The zero-order valence-electron chi connectivity index (χ0n) is 19.0. The molecule has 5 rings (SSSR count). The fourth-order valence-corrected chi connectivity index (χ4v) is 4.17. The Morgan fingerprint density at radius 1 is 0.912 bits per heavy atom. The molecular weight excluding hydrogens is 432 g/mol. The highest BCUT2D eigenvalue weighted by Gasteiger charge is 2.41. The number of nitrogens with zero attached hydrogens (tertiary/aromatic N) is 2. The average Bonchev–Trinajstić information content (AvgIpc) is 3.43. The zero-order chi connectivity index (χ0) is 23.7. The number of likely N-dealkylation sites (N-methyl/N-ethyl adjacent to an activating group) is 1. The van der Waals surface area contributed by atoms with Crippen LogP contribution in [0.15, 0.2) is 78.5 Å². The number of amides is 2. The molecule has 172 valence electrons. The molecule has 0 spiro atoms. The third-order valence-corrected chi connectivity index (χ3v) is 5.85. The topological polar surface area (TPSA) is 68.3 Å². The van der Waals surface area contributed by atoms with Gasteiger partial charge in [0, 0.05) is 12.7 Å². The number of anilines is 1. The molecule has 34 heavy (non-hydrogen) atoms. The number of imide groups is 1. The summed E-state index contributed by atoms with van der Waals surface area (Å²) < 4.78 is 16.4. The van der Waals surface area contributed by atoms with Crippen molar-refractivity contribution in [2.75, 3.05) is 25.3 Å². The molecule has 7 nitrogen and oxygen atoms in total. The summed E-state index contributed by atoms with van der Waals surface area (Å²) in [6.45, 7) is 2.75. The molecule has 2 amide bonds. The maximum atomic E-state index is 13.6. The number of benzene rings is 3. The van der Waals surface area contributed by atoms with Crippen molar-refractivity contribution >= 4 is 23.1 Å². The first-order valence-electron chi connectivity index (χ1n) is 11.1. The molecule has 0 atom stereocenters.